The first-order chi connectivity index (χ1) is 9.24. The number of nitrogens with one attached hydrogen (secondary N) is 1. The van der Waals surface area contributed by atoms with E-state index in [0.717, 1.165) is 25.2 Å². The van der Waals surface area contributed by atoms with Gasteiger partial charge >= 0.3 is 0 Å². The fourth-order valence-corrected chi connectivity index (χ4v) is 3.26. The minimum atomic E-state index is 0.469. The number of hydrogen-bond donors (Lipinski definition) is 1. The third kappa shape index (κ3) is 2.72. The van der Waals surface area contributed by atoms with Crippen LogP contribution in [0.5, 0.6) is 0 Å². The number of benzene rings is 1. The van der Waals surface area contributed by atoms with Gasteiger partial charge in [0.15, 0.2) is 5.82 Å². The highest BCUT2D eigenvalue weighted by molar-refractivity contribution is 9.10. The molecular weight excluding hydrogens is 304 g/mol. The van der Waals surface area contributed by atoms with Gasteiger partial charge in [0.2, 0.25) is 0 Å². The molecule has 0 radical (unpaired) electrons. The third-order valence-electron chi connectivity index (χ3n) is 3.60. The van der Waals surface area contributed by atoms with Crippen LogP contribution < -0.4 is 5.32 Å². The Kier molecular flexibility index (Phi) is 3.66. The zero-order valence-corrected chi connectivity index (χ0v) is 12.5. The molecule has 1 aliphatic carbocycles. The molecule has 19 heavy (non-hydrogen) atoms. The van der Waals surface area contributed by atoms with Crippen LogP contribution in [0.25, 0.3) is 0 Å². The highest BCUT2D eigenvalue weighted by Gasteiger charge is 2.23. The van der Waals surface area contributed by atoms with Crippen molar-refractivity contribution in [3.05, 3.63) is 46.0 Å². The molecule has 2 aromatic rings. The first kappa shape index (κ1) is 12.8. The summed E-state index contributed by atoms with van der Waals surface area (Å²) in [6, 6.07) is 6.93. The predicted molar refractivity (Wildman–Crippen MR) is 77.9 cm³/mol. The summed E-state index contributed by atoms with van der Waals surface area (Å²) in [4.78, 5) is 4.24. The number of halogens is 1. The molecule has 5 heteroatoms. The summed E-state index contributed by atoms with van der Waals surface area (Å²) in [5.41, 5.74) is 2.89. The zero-order valence-electron chi connectivity index (χ0n) is 10.9. The zero-order chi connectivity index (χ0) is 13.2. The van der Waals surface area contributed by atoms with Crippen molar-refractivity contribution in [2.24, 2.45) is 7.05 Å². The summed E-state index contributed by atoms with van der Waals surface area (Å²) in [6.07, 6.45) is 4.95. The normalized spacial score (nSPS) is 17.7. The molecule has 0 aliphatic heterocycles. The SMILES string of the molecule is Cn1cnc(CCNC2CCc3c(Br)cccc32)n1. The Balaban J connectivity index is 1.59. The summed E-state index contributed by atoms with van der Waals surface area (Å²) >= 11 is 3.63. The van der Waals surface area contributed by atoms with Crippen LogP contribution in [-0.4, -0.2) is 21.3 Å². The molecule has 0 bridgehead atoms. The minimum Gasteiger partial charge on any atom is -0.309 e. The first-order valence-electron chi connectivity index (χ1n) is 6.59. The maximum absolute atomic E-state index is 4.29. The van der Waals surface area contributed by atoms with Crippen LogP contribution in [0.3, 0.4) is 0 Å². The largest absolute Gasteiger partial charge is 0.309 e. The van der Waals surface area contributed by atoms with Crippen molar-refractivity contribution < 1.29 is 0 Å². The average molecular weight is 321 g/mol. The van der Waals surface area contributed by atoms with Crippen LogP contribution in [-0.2, 0) is 19.9 Å². The van der Waals surface area contributed by atoms with Gasteiger partial charge in [-0.2, -0.15) is 5.10 Å². The third-order valence-corrected chi connectivity index (χ3v) is 4.34. The van der Waals surface area contributed by atoms with Crippen molar-refractivity contribution >= 4 is 15.9 Å². The lowest BCUT2D eigenvalue weighted by Gasteiger charge is -2.13. The minimum absolute atomic E-state index is 0.469. The van der Waals surface area contributed by atoms with Gasteiger partial charge in [-0.05, 0) is 30.0 Å². The Morgan fingerprint density at radius 2 is 2.37 bits per heavy atom. The Labute approximate surface area is 121 Å². The summed E-state index contributed by atoms with van der Waals surface area (Å²) in [5, 5.41) is 7.90. The van der Waals surface area contributed by atoms with E-state index in [0.29, 0.717) is 6.04 Å². The van der Waals surface area contributed by atoms with Gasteiger partial charge in [-0.3, -0.25) is 4.68 Å². The predicted octanol–water partition coefficient (Wildman–Crippen LogP) is 2.40. The Morgan fingerprint density at radius 3 is 3.16 bits per heavy atom. The Hall–Kier alpha value is -1.20. The van der Waals surface area contributed by atoms with E-state index in [4.69, 9.17) is 0 Å². The summed E-state index contributed by atoms with van der Waals surface area (Å²) in [6.45, 7) is 0.917. The van der Waals surface area contributed by atoms with E-state index in [1.165, 1.54) is 22.0 Å². The molecule has 0 amide bonds. The molecule has 100 valence electrons. The van der Waals surface area contributed by atoms with Crippen LogP contribution in [0.15, 0.2) is 29.0 Å². The lowest BCUT2D eigenvalue weighted by Crippen LogP contribution is -2.22. The highest BCUT2D eigenvalue weighted by Crippen LogP contribution is 2.35. The van der Waals surface area contributed by atoms with Crippen LogP contribution in [0.2, 0.25) is 0 Å². The average Bonchev–Trinajstić information content (AvgIpc) is 2.98. The molecule has 1 unspecified atom stereocenters. The Bertz CT molecular complexity index is 579. The fourth-order valence-electron chi connectivity index (χ4n) is 2.68. The maximum atomic E-state index is 4.29. The van der Waals surface area contributed by atoms with Gasteiger partial charge in [-0.15, -0.1) is 0 Å². The molecule has 0 saturated carbocycles. The van der Waals surface area contributed by atoms with Gasteiger partial charge < -0.3 is 5.32 Å². The van der Waals surface area contributed by atoms with Gasteiger partial charge in [-0.25, -0.2) is 4.98 Å². The van der Waals surface area contributed by atoms with Crippen LogP contribution in [0.1, 0.15) is 29.4 Å². The van der Waals surface area contributed by atoms with Crippen molar-refractivity contribution in [1.82, 2.24) is 20.1 Å². The number of hydrogen-bond acceptors (Lipinski definition) is 3. The van der Waals surface area contributed by atoms with Gasteiger partial charge in [0.1, 0.15) is 6.33 Å². The molecule has 1 heterocycles. The molecule has 1 atom stereocenters. The van der Waals surface area contributed by atoms with Crippen molar-refractivity contribution in [2.75, 3.05) is 6.54 Å². The van der Waals surface area contributed by atoms with Crippen molar-refractivity contribution in [1.29, 1.82) is 0 Å². The molecule has 1 aromatic heterocycles. The number of aryl methyl sites for hydroxylation is 1. The number of fused-ring (bicyclic) bond motifs is 1. The quantitative estimate of drug-likeness (QED) is 0.940. The standard InChI is InChI=1S/C14H17BrN4/c1-19-9-17-14(18-19)7-8-16-13-6-5-10-11(13)3-2-4-12(10)15/h2-4,9,13,16H,5-8H2,1H3. The van der Waals surface area contributed by atoms with E-state index in [-0.39, 0.29) is 0 Å². The molecule has 1 aliphatic rings. The van der Waals surface area contributed by atoms with E-state index in [9.17, 15) is 0 Å². The van der Waals surface area contributed by atoms with Crippen molar-refractivity contribution in [2.45, 2.75) is 25.3 Å². The molecule has 0 fully saturated rings. The van der Waals surface area contributed by atoms with E-state index >= 15 is 0 Å². The molecule has 3 rings (SSSR count). The second-order valence-corrected chi connectivity index (χ2v) is 5.79. The van der Waals surface area contributed by atoms with Crippen molar-refractivity contribution in [3.8, 4) is 0 Å². The number of rotatable bonds is 4. The molecule has 1 aromatic carbocycles. The monoisotopic (exact) mass is 320 g/mol. The van der Waals surface area contributed by atoms with Crippen LogP contribution >= 0.6 is 15.9 Å². The van der Waals surface area contributed by atoms with E-state index in [1.807, 2.05) is 7.05 Å². The van der Waals surface area contributed by atoms with Crippen LogP contribution in [0.4, 0.5) is 0 Å². The molecular formula is C14H17BrN4. The summed E-state index contributed by atoms with van der Waals surface area (Å²) < 4.78 is 2.98. The van der Waals surface area contributed by atoms with E-state index in [1.54, 1.807) is 11.0 Å². The maximum Gasteiger partial charge on any atom is 0.151 e. The topological polar surface area (TPSA) is 42.7 Å². The molecule has 0 spiro atoms. The van der Waals surface area contributed by atoms with E-state index in [2.05, 4.69) is 49.5 Å². The second kappa shape index (κ2) is 5.43. The number of aromatic nitrogens is 3. The van der Waals surface area contributed by atoms with Gasteiger partial charge in [-0.1, -0.05) is 28.1 Å². The molecule has 1 N–H and O–H groups in total. The van der Waals surface area contributed by atoms with Gasteiger partial charge in [0.25, 0.3) is 0 Å². The van der Waals surface area contributed by atoms with Crippen molar-refractivity contribution in [3.63, 3.8) is 0 Å². The first-order valence-corrected chi connectivity index (χ1v) is 7.38. The van der Waals surface area contributed by atoms with Gasteiger partial charge in [0.05, 0.1) is 0 Å². The molecule has 4 nitrogen and oxygen atoms in total. The Morgan fingerprint density at radius 1 is 1.47 bits per heavy atom. The summed E-state index contributed by atoms with van der Waals surface area (Å²) in [5.74, 6) is 0.905. The second-order valence-electron chi connectivity index (χ2n) is 4.94. The van der Waals surface area contributed by atoms with E-state index < -0.39 is 0 Å². The lowest BCUT2D eigenvalue weighted by atomic mass is 10.1. The summed E-state index contributed by atoms with van der Waals surface area (Å²) in [7, 11) is 1.90. The number of nitrogens with zero attached hydrogens (tertiary/aromatic N) is 3. The fraction of sp³-hybridized carbons (Fsp3) is 0.429. The van der Waals surface area contributed by atoms with Crippen LogP contribution in [0, 0.1) is 0 Å². The smallest absolute Gasteiger partial charge is 0.151 e. The lowest BCUT2D eigenvalue weighted by molar-refractivity contribution is 0.528. The van der Waals surface area contributed by atoms with Gasteiger partial charge in [0, 0.05) is 30.5 Å². The molecule has 0 saturated heterocycles. The highest BCUT2D eigenvalue weighted by atomic mass is 79.9.